The van der Waals surface area contributed by atoms with Crippen molar-refractivity contribution in [3.8, 4) is 17.2 Å². The van der Waals surface area contributed by atoms with Crippen LogP contribution in [0.1, 0.15) is 12.2 Å². The average Bonchev–Trinajstić information content (AvgIpc) is 3.47. The van der Waals surface area contributed by atoms with Crippen LogP contribution < -0.4 is 11.0 Å². The molecule has 1 amide bonds. The molecule has 3 heterocycles. The molecule has 0 aliphatic carbocycles. The number of hydrogen-bond acceptors (Lipinski definition) is 7. The molecule has 1 aromatic carbocycles. The lowest BCUT2D eigenvalue weighted by Gasteiger charge is -2.22. The van der Waals surface area contributed by atoms with Gasteiger partial charge in [0.25, 0.3) is 0 Å². The van der Waals surface area contributed by atoms with Crippen LogP contribution in [0, 0.1) is 0 Å². The number of rotatable bonds is 9. The monoisotopic (exact) mass is 581 g/mol. The fraction of sp³-hybridized carbons (Fsp3) is 0.261. The topological polar surface area (TPSA) is 125 Å². The number of pyridine rings is 1. The highest BCUT2D eigenvalue weighted by Crippen LogP contribution is 2.24. The Labute approximate surface area is 228 Å². The summed E-state index contributed by atoms with van der Waals surface area (Å²) in [6, 6.07) is 6.93. The summed E-state index contributed by atoms with van der Waals surface area (Å²) in [7, 11) is 1.39. The van der Waals surface area contributed by atoms with Crippen molar-refractivity contribution in [2.24, 2.45) is 4.99 Å². The molecule has 0 spiro atoms. The number of hydrogen-bond donors (Lipinski definition) is 1. The van der Waals surface area contributed by atoms with Gasteiger partial charge in [0.15, 0.2) is 17.5 Å². The number of aromatic nitrogens is 7. The first-order valence-corrected chi connectivity index (χ1v) is 12.0. The molecule has 1 N–H and O–H groups in total. The number of benzene rings is 1. The molecule has 0 aliphatic rings. The van der Waals surface area contributed by atoms with Crippen LogP contribution in [0.15, 0.2) is 58.7 Å². The first kappa shape index (κ1) is 28.0. The molecule has 0 bridgehead atoms. The average molecular weight is 582 g/mol. The highest BCUT2D eigenvalue weighted by atomic mass is 35.5. The van der Waals surface area contributed by atoms with Gasteiger partial charge in [-0.1, -0.05) is 23.2 Å². The van der Waals surface area contributed by atoms with Gasteiger partial charge in [0.2, 0.25) is 5.91 Å². The van der Waals surface area contributed by atoms with Crippen molar-refractivity contribution in [2.45, 2.75) is 31.7 Å². The second kappa shape index (κ2) is 11.8. The quantitative estimate of drug-likeness (QED) is 0.303. The molecular formula is C23H20Cl2F3N9O2. The SMILES string of the molecule is CN=CCC(=O)NC(Cn1c(-c2ccc(Cl)cc2)nn(Cc2ncn(-c3ncccc3Cl)n2)c1=O)C(F)(F)F. The summed E-state index contributed by atoms with van der Waals surface area (Å²) < 4.78 is 44.8. The van der Waals surface area contributed by atoms with Crippen LogP contribution in [0.4, 0.5) is 13.2 Å². The number of amides is 1. The van der Waals surface area contributed by atoms with Gasteiger partial charge in [0, 0.05) is 30.0 Å². The normalized spacial score (nSPS) is 12.7. The summed E-state index contributed by atoms with van der Waals surface area (Å²) >= 11 is 12.1. The Bertz CT molecular complexity index is 1550. The number of carbonyl (C=O) groups excluding carboxylic acids is 1. The van der Waals surface area contributed by atoms with E-state index in [4.69, 9.17) is 23.2 Å². The summed E-state index contributed by atoms with van der Waals surface area (Å²) in [6.07, 6.45) is -1.19. The second-order valence-corrected chi connectivity index (χ2v) is 8.95. The zero-order chi connectivity index (χ0) is 28.2. The standard InChI is InChI=1S/C23H20Cl2F3N9O2/c1-29-10-8-19(38)32-17(23(26,27)28)11-35-20(14-4-6-15(24)7-5-14)34-36(22(35)39)12-18-31-13-37(33-18)21-16(25)3-2-9-30-21/h2-7,9-10,13,17H,8,11-12H2,1H3,(H,32,38). The van der Waals surface area contributed by atoms with E-state index in [2.05, 4.69) is 25.2 Å². The van der Waals surface area contributed by atoms with Crippen molar-refractivity contribution >= 4 is 35.3 Å². The lowest BCUT2D eigenvalue weighted by atomic mass is 10.2. The lowest BCUT2D eigenvalue weighted by molar-refractivity contribution is -0.164. The fourth-order valence-electron chi connectivity index (χ4n) is 3.51. The van der Waals surface area contributed by atoms with Gasteiger partial charge in [-0.25, -0.2) is 24.1 Å². The van der Waals surface area contributed by atoms with Crippen molar-refractivity contribution < 1.29 is 18.0 Å². The molecule has 16 heteroatoms. The number of aliphatic imine (C=N–C) groups is 1. The van der Waals surface area contributed by atoms with Gasteiger partial charge in [0.05, 0.1) is 18.0 Å². The van der Waals surface area contributed by atoms with Crippen LogP contribution in [-0.2, 0) is 17.9 Å². The zero-order valence-electron chi connectivity index (χ0n) is 20.2. The highest BCUT2D eigenvalue weighted by molar-refractivity contribution is 6.32. The fourth-order valence-corrected chi connectivity index (χ4v) is 3.85. The molecule has 0 aliphatic heterocycles. The molecule has 39 heavy (non-hydrogen) atoms. The molecule has 204 valence electrons. The predicted molar refractivity (Wildman–Crippen MR) is 137 cm³/mol. The Morgan fingerprint density at radius 3 is 2.56 bits per heavy atom. The maximum absolute atomic E-state index is 13.9. The van der Waals surface area contributed by atoms with Crippen LogP contribution in [0.2, 0.25) is 10.0 Å². The Morgan fingerprint density at radius 2 is 1.90 bits per heavy atom. The smallest absolute Gasteiger partial charge is 0.343 e. The van der Waals surface area contributed by atoms with Gasteiger partial charge in [-0.15, -0.1) is 10.2 Å². The van der Waals surface area contributed by atoms with Crippen molar-refractivity contribution in [3.63, 3.8) is 0 Å². The minimum absolute atomic E-state index is 0.0671. The molecule has 1 unspecified atom stereocenters. The van der Waals surface area contributed by atoms with E-state index in [1.807, 2.05) is 5.32 Å². The van der Waals surface area contributed by atoms with Gasteiger partial charge in [0.1, 0.15) is 18.9 Å². The molecule has 0 radical (unpaired) electrons. The first-order valence-electron chi connectivity index (χ1n) is 11.3. The van der Waals surface area contributed by atoms with Crippen LogP contribution in [-0.4, -0.2) is 65.5 Å². The van der Waals surface area contributed by atoms with E-state index in [-0.39, 0.29) is 24.6 Å². The van der Waals surface area contributed by atoms with Crippen LogP contribution in [0.25, 0.3) is 17.2 Å². The summed E-state index contributed by atoms with van der Waals surface area (Å²) in [6.45, 7) is -1.19. The third-order valence-corrected chi connectivity index (χ3v) is 5.91. The molecular weight excluding hydrogens is 562 g/mol. The van der Waals surface area contributed by atoms with Gasteiger partial charge >= 0.3 is 11.9 Å². The molecule has 4 rings (SSSR count). The van der Waals surface area contributed by atoms with Crippen molar-refractivity contribution in [1.29, 1.82) is 0 Å². The maximum Gasteiger partial charge on any atom is 0.410 e. The lowest BCUT2D eigenvalue weighted by Crippen LogP contribution is -2.49. The van der Waals surface area contributed by atoms with E-state index in [1.165, 1.54) is 54.7 Å². The van der Waals surface area contributed by atoms with Gasteiger partial charge in [-0.05, 0) is 36.4 Å². The van der Waals surface area contributed by atoms with Gasteiger partial charge in [-0.3, -0.25) is 9.36 Å². The minimum atomic E-state index is -4.86. The molecule has 3 aromatic heterocycles. The maximum atomic E-state index is 13.9. The Balaban J connectivity index is 1.70. The molecule has 0 saturated heterocycles. The van der Waals surface area contributed by atoms with E-state index in [0.717, 1.165) is 9.25 Å². The van der Waals surface area contributed by atoms with Gasteiger partial charge < -0.3 is 10.3 Å². The molecule has 11 nitrogen and oxygen atoms in total. The third-order valence-electron chi connectivity index (χ3n) is 5.37. The van der Waals surface area contributed by atoms with Crippen LogP contribution >= 0.6 is 23.2 Å². The molecule has 0 saturated carbocycles. The number of alkyl halides is 3. The summed E-state index contributed by atoms with van der Waals surface area (Å²) in [5.41, 5.74) is -0.537. The summed E-state index contributed by atoms with van der Waals surface area (Å²) in [5.74, 6) is -0.540. The zero-order valence-corrected chi connectivity index (χ0v) is 21.7. The Kier molecular flexibility index (Phi) is 8.45. The second-order valence-electron chi connectivity index (χ2n) is 8.10. The first-order chi connectivity index (χ1) is 18.6. The van der Waals surface area contributed by atoms with E-state index < -0.39 is 30.4 Å². The molecule has 1 atom stereocenters. The Morgan fingerprint density at radius 1 is 1.15 bits per heavy atom. The van der Waals surface area contributed by atoms with Crippen molar-refractivity contribution in [2.75, 3.05) is 7.05 Å². The van der Waals surface area contributed by atoms with E-state index in [1.54, 1.807) is 12.1 Å². The number of nitrogens with one attached hydrogen (secondary N) is 1. The highest BCUT2D eigenvalue weighted by Gasteiger charge is 2.41. The Hall–Kier alpha value is -4.04. The largest absolute Gasteiger partial charge is 0.410 e. The number of carbonyl (C=O) groups is 1. The summed E-state index contributed by atoms with van der Waals surface area (Å²) in [4.78, 5) is 37.3. The van der Waals surface area contributed by atoms with E-state index >= 15 is 0 Å². The van der Waals surface area contributed by atoms with Gasteiger partial charge in [-0.2, -0.15) is 13.2 Å². The minimum Gasteiger partial charge on any atom is -0.343 e. The molecule has 0 fully saturated rings. The molecule has 4 aromatic rings. The predicted octanol–water partition coefficient (Wildman–Crippen LogP) is 3.18. The van der Waals surface area contributed by atoms with Crippen LogP contribution in [0.3, 0.4) is 0 Å². The van der Waals surface area contributed by atoms with Crippen LogP contribution in [0.5, 0.6) is 0 Å². The van der Waals surface area contributed by atoms with Crippen molar-refractivity contribution in [3.05, 3.63) is 75.3 Å². The van der Waals surface area contributed by atoms with Crippen molar-refractivity contribution in [1.82, 2.24) is 39.4 Å². The number of halogens is 5. The third kappa shape index (κ3) is 6.70. The van der Waals surface area contributed by atoms with E-state index in [9.17, 15) is 22.8 Å². The van der Waals surface area contributed by atoms with E-state index in [0.29, 0.717) is 21.4 Å². The summed E-state index contributed by atoms with van der Waals surface area (Å²) in [5, 5.41) is 11.1. The number of nitrogens with zero attached hydrogens (tertiary/aromatic N) is 8.